The molecule has 0 saturated heterocycles. The van der Waals surface area contributed by atoms with Gasteiger partial charge in [-0.05, 0) is 30.7 Å². The highest BCUT2D eigenvalue weighted by atomic mass is 19.1. The van der Waals surface area contributed by atoms with Crippen molar-refractivity contribution < 1.29 is 14.4 Å². The standard InChI is InChI=1S/C14H14FN3O3/c1-9(14(19)10-2-4-11(15)5-3-10)17-13-7-6-12(8-16-13)18(20)21/h2-9,14,19H,1H3,(H,16,17)/t9-,14+/m1/s1. The molecule has 2 rings (SSSR count). The number of nitrogens with zero attached hydrogens (tertiary/aromatic N) is 2. The third kappa shape index (κ3) is 3.73. The summed E-state index contributed by atoms with van der Waals surface area (Å²) in [6.07, 6.45) is 0.280. The Hall–Kier alpha value is -2.54. The summed E-state index contributed by atoms with van der Waals surface area (Å²) in [5.74, 6) is 0.0397. The van der Waals surface area contributed by atoms with E-state index in [0.717, 1.165) is 6.20 Å². The highest BCUT2D eigenvalue weighted by molar-refractivity contribution is 5.41. The van der Waals surface area contributed by atoms with E-state index in [1.165, 1.54) is 36.4 Å². The summed E-state index contributed by atoms with van der Waals surface area (Å²) in [6.45, 7) is 1.73. The summed E-state index contributed by atoms with van der Waals surface area (Å²) in [7, 11) is 0. The number of aromatic nitrogens is 1. The average Bonchev–Trinajstić information content (AvgIpc) is 2.47. The van der Waals surface area contributed by atoms with Gasteiger partial charge in [0.25, 0.3) is 5.69 Å². The first kappa shape index (κ1) is 14.9. The summed E-state index contributed by atoms with van der Waals surface area (Å²) in [4.78, 5) is 13.9. The van der Waals surface area contributed by atoms with E-state index < -0.39 is 17.1 Å². The quantitative estimate of drug-likeness (QED) is 0.653. The van der Waals surface area contributed by atoms with Crippen molar-refractivity contribution in [3.63, 3.8) is 0 Å². The van der Waals surface area contributed by atoms with Gasteiger partial charge in [-0.25, -0.2) is 9.37 Å². The van der Waals surface area contributed by atoms with E-state index in [1.807, 2.05) is 0 Å². The molecule has 0 amide bonds. The van der Waals surface area contributed by atoms with Gasteiger partial charge in [0.05, 0.1) is 17.1 Å². The lowest BCUT2D eigenvalue weighted by Crippen LogP contribution is -2.24. The second kappa shape index (κ2) is 6.27. The smallest absolute Gasteiger partial charge is 0.287 e. The molecule has 0 unspecified atom stereocenters. The maximum atomic E-state index is 12.8. The van der Waals surface area contributed by atoms with Crippen molar-refractivity contribution in [3.8, 4) is 0 Å². The molecule has 2 atom stereocenters. The minimum absolute atomic E-state index is 0.104. The minimum Gasteiger partial charge on any atom is -0.386 e. The number of aliphatic hydroxyl groups excluding tert-OH is 1. The van der Waals surface area contributed by atoms with Crippen LogP contribution in [0.3, 0.4) is 0 Å². The number of nitro groups is 1. The molecule has 21 heavy (non-hydrogen) atoms. The lowest BCUT2D eigenvalue weighted by atomic mass is 10.0. The number of aliphatic hydroxyl groups is 1. The van der Waals surface area contributed by atoms with Crippen LogP contribution in [0.15, 0.2) is 42.6 Å². The third-order valence-electron chi connectivity index (χ3n) is 3.02. The van der Waals surface area contributed by atoms with Crippen molar-refractivity contribution in [2.24, 2.45) is 0 Å². The van der Waals surface area contributed by atoms with Crippen LogP contribution >= 0.6 is 0 Å². The Balaban J connectivity index is 2.04. The number of benzene rings is 1. The molecular weight excluding hydrogens is 277 g/mol. The molecule has 2 N–H and O–H groups in total. The van der Waals surface area contributed by atoms with E-state index >= 15 is 0 Å². The fourth-order valence-electron chi connectivity index (χ4n) is 1.84. The predicted octanol–water partition coefficient (Wildman–Crippen LogP) is 2.66. The van der Waals surface area contributed by atoms with Gasteiger partial charge < -0.3 is 10.4 Å². The van der Waals surface area contributed by atoms with Gasteiger partial charge in [-0.15, -0.1) is 0 Å². The third-order valence-corrected chi connectivity index (χ3v) is 3.02. The van der Waals surface area contributed by atoms with Gasteiger partial charge in [0.15, 0.2) is 0 Å². The van der Waals surface area contributed by atoms with E-state index in [9.17, 15) is 19.6 Å². The average molecular weight is 291 g/mol. The molecule has 2 aromatic rings. The van der Waals surface area contributed by atoms with Gasteiger partial charge in [0.1, 0.15) is 17.8 Å². The molecule has 0 aliphatic heterocycles. The minimum atomic E-state index is -0.859. The molecule has 0 bridgehead atoms. The van der Waals surface area contributed by atoms with Crippen LogP contribution in [0.2, 0.25) is 0 Å². The molecule has 110 valence electrons. The number of anilines is 1. The van der Waals surface area contributed by atoms with Crippen LogP contribution in [0.5, 0.6) is 0 Å². The molecule has 0 radical (unpaired) electrons. The van der Waals surface area contributed by atoms with Crippen molar-refractivity contribution in [1.29, 1.82) is 0 Å². The molecule has 0 spiro atoms. The van der Waals surface area contributed by atoms with E-state index in [1.54, 1.807) is 6.92 Å². The summed E-state index contributed by atoms with van der Waals surface area (Å²) < 4.78 is 12.8. The fraction of sp³-hybridized carbons (Fsp3) is 0.214. The van der Waals surface area contributed by atoms with E-state index in [2.05, 4.69) is 10.3 Å². The highest BCUT2D eigenvalue weighted by Gasteiger charge is 2.17. The first-order chi connectivity index (χ1) is 9.97. The van der Waals surface area contributed by atoms with Gasteiger partial charge in [-0.3, -0.25) is 10.1 Å². The van der Waals surface area contributed by atoms with Crippen LogP contribution in [0.1, 0.15) is 18.6 Å². The Morgan fingerprint density at radius 2 is 1.95 bits per heavy atom. The maximum Gasteiger partial charge on any atom is 0.287 e. The Morgan fingerprint density at radius 1 is 1.29 bits per heavy atom. The van der Waals surface area contributed by atoms with Crippen molar-refractivity contribution in [2.45, 2.75) is 19.1 Å². The van der Waals surface area contributed by atoms with E-state index in [0.29, 0.717) is 11.4 Å². The van der Waals surface area contributed by atoms with Gasteiger partial charge in [0.2, 0.25) is 0 Å². The number of nitrogens with one attached hydrogen (secondary N) is 1. The second-order valence-electron chi connectivity index (χ2n) is 4.59. The predicted molar refractivity (Wildman–Crippen MR) is 75.3 cm³/mol. The summed E-state index contributed by atoms with van der Waals surface area (Å²) in [6, 6.07) is 7.94. The number of hydrogen-bond acceptors (Lipinski definition) is 5. The van der Waals surface area contributed by atoms with Crippen molar-refractivity contribution in [1.82, 2.24) is 4.98 Å². The van der Waals surface area contributed by atoms with Crippen LogP contribution in [-0.2, 0) is 0 Å². The zero-order valence-corrected chi connectivity index (χ0v) is 11.2. The SMILES string of the molecule is C[C@@H](Nc1ccc([N+](=O)[O-])cn1)[C@H](O)c1ccc(F)cc1. The molecule has 0 fully saturated rings. The maximum absolute atomic E-state index is 12.8. The Labute approximate surface area is 120 Å². The topological polar surface area (TPSA) is 88.3 Å². The lowest BCUT2D eigenvalue weighted by molar-refractivity contribution is -0.385. The Bertz CT molecular complexity index is 616. The zero-order valence-electron chi connectivity index (χ0n) is 11.2. The Kier molecular flexibility index (Phi) is 4.44. The zero-order chi connectivity index (χ0) is 15.4. The number of pyridine rings is 1. The molecule has 6 nitrogen and oxygen atoms in total. The van der Waals surface area contributed by atoms with Crippen LogP contribution in [-0.4, -0.2) is 21.1 Å². The van der Waals surface area contributed by atoms with Crippen LogP contribution in [0, 0.1) is 15.9 Å². The second-order valence-corrected chi connectivity index (χ2v) is 4.59. The molecule has 1 aromatic carbocycles. The van der Waals surface area contributed by atoms with Gasteiger partial charge in [0, 0.05) is 6.07 Å². The van der Waals surface area contributed by atoms with Gasteiger partial charge >= 0.3 is 0 Å². The van der Waals surface area contributed by atoms with Gasteiger partial charge in [-0.2, -0.15) is 0 Å². The molecule has 1 heterocycles. The fourth-order valence-corrected chi connectivity index (χ4v) is 1.84. The molecule has 0 saturated carbocycles. The molecule has 0 aliphatic carbocycles. The largest absolute Gasteiger partial charge is 0.386 e. The normalized spacial score (nSPS) is 13.5. The summed E-state index contributed by atoms with van der Waals surface area (Å²) in [5, 5.41) is 23.6. The van der Waals surface area contributed by atoms with E-state index in [-0.39, 0.29) is 11.5 Å². The van der Waals surface area contributed by atoms with E-state index in [4.69, 9.17) is 0 Å². The van der Waals surface area contributed by atoms with Crippen LogP contribution in [0.4, 0.5) is 15.9 Å². The van der Waals surface area contributed by atoms with Gasteiger partial charge in [-0.1, -0.05) is 12.1 Å². The molecule has 7 heteroatoms. The van der Waals surface area contributed by atoms with Crippen molar-refractivity contribution in [3.05, 3.63) is 64.1 Å². The molecule has 0 aliphatic rings. The number of halogens is 1. The highest BCUT2D eigenvalue weighted by Crippen LogP contribution is 2.20. The number of hydrogen-bond donors (Lipinski definition) is 2. The van der Waals surface area contributed by atoms with Crippen LogP contribution in [0.25, 0.3) is 0 Å². The molecule has 1 aromatic heterocycles. The summed E-state index contributed by atoms with van der Waals surface area (Å²) >= 11 is 0. The molecular formula is C14H14FN3O3. The van der Waals surface area contributed by atoms with Crippen LogP contribution < -0.4 is 5.32 Å². The monoisotopic (exact) mass is 291 g/mol. The van der Waals surface area contributed by atoms with Crippen molar-refractivity contribution in [2.75, 3.05) is 5.32 Å². The summed E-state index contributed by atoms with van der Waals surface area (Å²) in [5.41, 5.74) is 0.464. The number of rotatable bonds is 5. The first-order valence-corrected chi connectivity index (χ1v) is 6.28. The first-order valence-electron chi connectivity index (χ1n) is 6.28. The lowest BCUT2D eigenvalue weighted by Gasteiger charge is -2.21. The van der Waals surface area contributed by atoms with Crippen molar-refractivity contribution >= 4 is 11.5 Å². The Morgan fingerprint density at radius 3 is 2.48 bits per heavy atom.